The zero-order valence-electron chi connectivity index (χ0n) is 22.1. The normalized spacial score (nSPS) is 14.9. The second-order valence-electron chi connectivity index (χ2n) is 9.88. The predicted octanol–water partition coefficient (Wildman–Crippen LogP) is 6.98. The van der Waals surface area contributed by atoms with Crippen LogP contribution in [-0.2, 0) is 11.3 Å². The summed E-state index contributed by atoms with van der Waals surface area (Å²) in [6.07, 6.45) is -0.128. The summed E-state index contributed by atoms with van der Waals surface area (Å²) in [6, 6.07) is 23.6. The lowest BCUT2D eigenvalue weighted by Crippen LogP contribution is -2.49. The second kappa shape index (κ2) is 12.3. The van der Waals surface area contributed by atoms with Crippen molar-refractivity contribution in [2.75, 3.05) is 32.7 Å². The van der Waals surface area contributed by atoms with Crippen LogP contribution in [0.2, 0.25) is 10.0 Å². The molecule has 0 N–H and O–H groups in total. The Bertz CT molecular complexity index is 1430. The first-order valence-electron chi connectivity index (χ1n) is 13.0. The van der Waals surface area contributed by atoms with E-state index < -0.39 is 0 Å². The third kappa shape index (κ3) is 6.53. The molecule has 8 heteroatoms. The van der Waals surface area contributed by atoms with Gasteiger partial charge in [-0.3, -0.25) is 9.69 Å². The van der Waals surface area contributed by atoms with Gasteiger partial charge in [-0.2, -0.15) is 0 Å². The Morgan fingerprint density at radius 1 is 0.974 bits per heavy atom. The van der Waals surface area contributed by atoms with E-state index in [1.165, 1.54) is 5.56 Å². The third-order valence-electron chi connectivity index (χ3n) is 7.06. The van der Waals surface area contributed by atoms with Gasteiger partial charge in [0.05, 0.1) is 17.7 Å². The maximum absolute atomic E-state index is 13.6. The van der Waals surface area contributed by atoms with Crippen LogP contribution in [0.25, 0.3) is 11.3 Å². The zero-order valence-corrected chi connectivity index (χ0v) is 23.6. The van der Waals surface area contributed by atoms with Crippen molar-refractivity contribution in [1.29, 1.82) is 0 Å². The predicted molar refractivity (Wildman–Crippen MR) is 154 cm³/mol. The van der Waals surface area contributed by atoms with Crippen molar-refractivity contribution in [2.24, 2.45) is 0 Å². The molecular weight excluding hydrogens is 533 g/mol. The number of nitrogens with zero attached hydrogens (tertiary/aromatic N) is 3. The molecule has 0 saturated carbocycles. The van der Waals surface area contributed by atoms with E-state index in [0.29, 0.717) is 58.9 Å². The van der Waals surface area contributed by atoms with E-state index in [2.05, 4.69) is 41.2 Å². The van der Waals surface area contributed by atoms with E-state index >= 15 is 0 Å². The lowest BCUT2D eigenvalue weighted by molar-refractivity contribution is 0.00340. The summed E-state index contributed by atoms with van der Waals surface area (Å²) in [5.41, 5.74) is 5.07. The molecule has 1 fully saturated rings. The van der Waals surface area contributed by atoms with Crippen molar-refractivity contribution in [3.63, 3.8) is 0 Å². The molecule has 6 nitrogen and oxygen atoms in total. The molecule has 1 aliphatic heterocycles. The number of carbonyl (C=O) groups is 1. The number of piperazine rings is 1. The molecule has 39 heavy (non-hydrogen) atoms. The summed E-state index contributed by atoms with van der Waals surface area (Å²) >= 11 is 12.5. The molecule has 1 aliphatic rings. The van der Waals surface area contributed by atoms with E-state index in [1.807, 2.05) is 47.4 Å². The van der Waals surface area contributed by atoms with Gasteiger partial charge in [-0.1, -0.05) is 88.5 Å². The van der Waals surface area contributed by atoms with Crippen LogP contribution in [0, 0.1) is 13.8 Å². The van der Waals surface area contributed by atoms with Crippen LogP contribution in [0.15, 0.2) is 77.3 Å². The first-order chi connectivity index (χ1) is 18.9. The van der Waals surface area contributed by atoms with Gasteiger partial charge >= 0.3 is 0 Å². The van der Waals surface area contributed by atoms with E-state index in [9.17, 15) is 4.79 Å². The van der Waals surface area contributed by atoms with Crippen molar-refractivity contribution < 1.29 is 14.1 Å². The Morgan fingerprint density at radius 2 is 1.72 bits per heavy atom. The molecule has 1 saturated heterocycles. The van der Waals surface area contributed by atoms with Crippen LogP contribution in [0.4, 0.5) is 0 Å². The fourth-order valence-electron chi connectivity index (χ4n) is 4.92. The van der Waals surface area contributed by atoms with Crippen molar-refractivity contribution in [2.45, 2.75) is 26.6 Å². The summed E-state index contributed by atoms with van der Waals surface area (Å²) in [7, 11) is 0. The number of rotatable bonds is 8. The molecule has 0 radical (unpaired) electrons. The van der Waals surface area contributed by atoms with Crippen molar-refractivity contribution in [3.05, 3.63) is 111 Å². The maximum Gasteiger partial charge on any atom is 0.259 e. The smallest absolute Gasteiger partial charge is 0.259 e. The SMILES string of the molecule is Cc1cccc(CO[C@@H](CN2CCN(C(=O)c3c(-c4ccccc4Cl)noc3C)CC2)c2ccc(Cl)cc2)c1. The average molecular weight is 565 g/mol. The van der Waals surface area contributed by atoms with E-state index in [4.69, 9.17) is 32.5 Å². The molecule has 2 heterocycles. The summed E-state index contributed by atoms with van der Waals surface area (Å²) in [4.78, 5) is 17.8. The summed E-state index contributed by atoms with van der Waals surface area (Å²) < 4.78 is 11.9. The molecular formula is C31H31Cl2N3O3. The topological polar surface area (TPSA) is 58.8 Å². The molecule has 0 aliphatic carbocycles. The fraction of sp³-hybridized carbons (Fsp3) is 0.290. The highest BCUT2D eigenvalue weighted by molar-refractivity contribution is 6.33. The van der Waals surface area contributed by atoms with Crippen LogP contribution in [-0.4, -0.2) is 53.6 Å². The Balaban J connectivity index is 1.26. The zero-order chi connectivity index (χ0) is 27.4. The highest BCUT2D eigenvalue weighted by atomic mass is 35.5. The van der Waals surface area contributed by atoms with Gasteiger partial charge in [0, 0.05) is 43.3 Å². The van der Waals surface area contributed by atoms with Gasteiger partial charge in [0.25, 0.3) is 5.91 Å². The number of halogens is 2. The quantitative estimate of drug-likeness (QED) is 0.231. The van der Waals surface area contributed by atoms with Crippen molar-refractivity contribution >= 4 is 29.1 Å². The Kier molecular flexibility index (Phi) is 8.68. The van der Waals surface area contributed by atoms with Gasteiger partial charge in [0.1, 0.15) is 17.0 Å². The summed E-state index contributed by atoms with van der Waals surface area (Å²) in [6.45, 7) is 7.73. The molecule has 0 unspecified atom stereocenters. The molecule has 0 bridgehead atoms. The van der Waals surface area contributed by atoms with E-state index in [1.54, 1.807) is 13.0 Å². The Morgan fingerprint density at radius 3 is 2.44 bits per heavy atom. The van der Waals surface area contributed by atoms with Crippen LogP contribution >= 0.6 is 23.2 Å². The third-order valence-corrected chi connectivity index (χ3v) is 7.65. The minimum atomic E-state index is -0.128. The molecule has 1 aromatic heterocycles. The summed E-state index contributed by atoms with van der Waals surface area (Å²) in [5.74, 6) is 0.401. The van der Waals surface area contributed by atoms with Gasteiger partial charge in [-0.05, 0) is 43.2 Å². The number of hydrogen-bond acceptors (Lipinski definition) is 5. The number of aromatic nitrogens is 1. The van der Waals surface area contributed by atoms with Gasteiger partial charge < -0.3 is 14.2 Å². The van der Waals surface area contributed by atoms with Crippen LogP contribution in [0.1, 0.15) is 38.9 Å². The first kappa shape index (κ1) is 27.4. The molecule has 5 rings (SSSR count). The fourth-order valence-corrected chi connectivity index (χ4v) is 5.27. The molecule has 0 spiro atoms. The monoisotopic (exact) mass is 563 g/mol. The largest absolute Gasteiger partial charge is 0.368 e. The lowest BCUT2D eigenvalue weighted by Gasteiger charge is -2.36. The Hall–Kier alpha value is -3.16. The maximum atomic E-state index is 13.6. The van der Waals surface area contributed by atoms with Gasteiger partial charge in [0.15, 0.2) is 0 Å². The number of carbonyl (C=O) groups excluding carboxylic acids is 1. The number of benzene rings is 3. The van der Waals surface area contributed by atoms with Crippen molar-refractivity contribution in [3.8, 4) is 11.3 Å². The molecule has 3 aromatic carbocycles. The van der Waals surface area contributed by atoms with E-state index in [-0.39, 0.29) is 12.0 Å². The molecule has 1 amide bonds. The van der Waals surface area contributed by atoms with E-state index in [0.717, 1.165) is 24.2 Å². The van der Waals surface area contributed by atoms with Gasteiger partial charge in [0.2, 0.25) is 0 Å². The second-order valence-corrected chi connectivity index (χ2v) is 10.7. The minimum absolute atomic E-state index is 0.0896. The van der Waals surface area contributed by atoms with Crippen molar-refractivity contribution in [1.82, 2.24) is 15.0 Å². The number of aryl methyl sites for hydroxylation is 2. The average Bonchev–Trinajstić information content (AvgIpc) is 3.32. The lowest BCUT2D eigenvalue weighted by atomic mass is 10.0. The number of hydrogen-bond donors (Lipinski definition) is 0. The summed E-state index contributed by atoms with van der Waals surface area (Å²) in [5, 5.41) is 5.39. The van der Waals surface area contributed by atoms with Crippen LogP contribution < -0.4 is 0 Å². The number of ether oxygens (including phenoxy) is 1. The van der Waals surface area contributed by atoms with Gasteiger partial charge in [-0.25, -0.2) is 0 Å². The minimum Gasteiger partial charge on any atom is -0.368 e. The first-order valence-corrected chi connectivity index (χ1v) is 13.8. The Labute approximate surface area is 239 Å². The van der Waals surface area contributed by atoms with Crippen LogP contribution in [0.5, 0.6) is 0 Å². The molecule has 1 atom stereocenters. The highest BCUT2D eigenvalue weighted by Crippen LogP contribution is 2.32. The van der Waals surface area contributed by atoms with Gasteiger partial charge in [-0.15, -0.1) is 0 Å². The number of amides is 1. The highest BCUT2D eigenvalue weighted by Gasteiger charge is 2.30. The van der Waals surface area contributed by atoms with Crippen LogP contribution in [0.3, 0.4) is 0 Å². The standard InChI is InChI=1S/C31H31Cl2N3O3/c1-21-6-5-7-23(18-21)20-38-28(24-10-12-25(32)13-11-24)19-35-14-16-36(17-15-35)31(37)29-22(2)39-34-30(29)26-8-3-4-9-27(26)33/h3-13,18,28H,14-17,19-20H2,1-2H3/t28-/m0/s1. The molecule has 4 aromatic rings. The molecule has 202 valence electrons.